The molecule has 22 heteroatoms. The number of nitrogens with one attached hydrogen (secondary N) is 3. The van der Waals surface area contributed by atoms with Crippen LogP contribution in [0.3, 0.4) is 0 Å². The largest absolute Gasteiger partial charge is 0.399 e. The monoisotopic (exact) mass is 1090 g/mol. The Hall–Kier alpha value is -5.88. The van der Waals surface area contributed by atoms with Crippen LogP contribution in [0.2, 0.25) is 0 Å². The van der Waals surface area contributed by atoms with E-state index < -0.39 is 54.7 Å². The van der Waals surface area contributed by atoms with Crippen LogP contribution in [-0.2, 0) is 40.7 Å². The van der Waals surface area contributed by atoms with Gasteiger partial charge in [-0.3, -0.25) is 43.4 Å². The third kappa shape index (κ3) is 11.3. The Morgan fingerprint density at radius 3 is 2.51 bits per heavy atom. The second kappa shape index (κ2) is 22.1. The third-order valence-electron chi connectivity index (χ3n) is 13.6. The summed E-state index contributed by atoms with van der Waals surface area (Å²) in [6, 6.07) is 13.7. The van der Waals surface area contributed by atoms with Gasteiger partial charge in [-0.25, -0.2) is 0 Å². The zero-order chi connectivity index (χ0) is 51.5. The molecular formula is C50H53BrF2N7O10PS. The molecule has 17 nitrogen and oxygen atoms in total. The van der Waals surface area contributed by atoms with Crippen molar-refractivity contribution in [2.24, 2.45) is 0 Å². The zero-order valence-electron chi connectivity index (χ0n) is 39.2. The molecule has 3 saturated heterocycles. The molecule has 3 fully saturated rings. The summed E-state index contributed by atoms with van der Waals surface area (Å²) in [5.74, 6) is 3.47. The van der Waals surface area contributed by atoms with Crippen LogP contribution in [0.1, 0.15) is 101 Å². The van der Waals surface area contributed by atoms with Crippen molar-refractivity contribution in [2.75, 3.05) is 37.6 Å². The molecular weight excluding hydrogens is 1040 g/mol. The lowest BCUT2D eigenvalue weighted by molar-refractivity contribution is -0.142. The second-order valence-corrected chi connectivity index (χ2v) is 21.9. The Kier molecular flexibility index (Phi) is 16.1. The van der Waals surface area contributed by atoms with Gasteiger partial charge < -0.3 is 40.0 Å². The van der Waals surface area contributed by atoms with E-state index in [1.165, 1.54) is 21.9 Å². The first-order chi connectivity index (χ1) is 34.3. The van der Waals surface area contributed by atoms with Gasteiger partial charge in [0.2, 0.25) is 29.5 Å². The molecule has 7 amide bonds. The molecule has 0 spiro atoms. The third-order valence-corrected chi connectivity index (χ3v) is 16.2. The summed E-state index contributed by atoms with van der Waals surface area (Å²) in [5, 5.41) is 8.25. The van der Waals surface area contributed by atoms with E-state index in [9.17, 15) is 56.7 Å². The number of hydrogen-bond acceptors (Lipinski definition) is 10. The summed E-state index contributed by atoms with van der Waals surface area (Å²) in [6.07, 6.45) is 3.70. The lowest BCUT2D eigenvalue weighted by atomic mass is 10.0. The maximum Gasteiger partial charge on any atom is 0.399 e. The highest BCUT2D eigenvalue weighted by Crippen LogP contribution is 2.59. The molecule has 5 heterocycles. The minimum atomic E-state index is -5.83. The van der Waals surface area contributed by atoms with Gasteiger partial charge in [0.15, 0.2) is 0 Å². The Balaban J connectivity index is 0.882. The van der Waals surface area contributed by atoms with E-state index in [2.05, 4.69) is 43.7 Å². The number of thiophene rings is 1. The highest BCUT2D eigenvalue weighted by atomic mass is 79.9. The van der Waals surface area contributed by atoms with E-state index in [0.29, 0.717) is 79.7 Å². The number of carbonyl (C=O) groups is 7. The number of imide groups is 1. The summed E-state index contributed by atoms with van der Waals surface area (Å²) in [6.45, 7) is 3.86. The van der Waals surface area contributed by atoms with Gasteiger partial charge in [-0.05, 0) is 111 Å². The fraction of sp³-hybridized carbons (Fsp3) is 0.420. The number of likely N-dealkylation sites (N-methyl/N-ethyl adjacent to an activating group) is 1. The van der Waals surface area contributed by atoms with Crippen molar-refractivity contribution in [3.05, 3.63) is 98.3 Å². The SMILES string of the molecule is CCN1CC[C@H]2CC[C@@H](C(=O)N(CCC(=O)NCCCCC#Cc3cccc4c3CN(C3CCC(=O)NC3=O)C4=O)c3ccc(Br)cc3)N2C(=O)[C@@H](NC(=O)c2cc3cc(C(F)(F)P(=O)(O)O)ccc3s2)C1. The number of nitrogens with zero attached hydrogens (tertiary/aromatic N) is 4. The summed E-state index contributed by atoms with van der Waals surface area (Å²) < 4.78 is 41.8. The highest BCUT2D eigenvalue weighted by Gasteiger charge is 2.51. The molecule has 1 unspecified atom stereocenters. The molecule has 0 saturated carbocycles. The predicted molar refractivity (Wildman–Crippen MR) is 267 cm³/mol. The van der Waals surface area contributed by atoms with Crippen LogP contribution >= 0.6 is 34.9 Å². The smallest absolute Gasteiger partial charge is 0.356 e. The summed E-state index contributed by atoms with van der Waals surface area (Å²) in [4.78, 5) is 119. The van der Waals surface area contributed by atoms with Crippen molar-refractivity contribution >= 4 is 92.0 Å². The van der Waals surface area contributed by atoms with Gasteiger partial charge in [0.25, 0.3) is 11.8 Å². The van der Waals surface area contributed by atoms with E-state index in [-0.39, 0.29) is 78.8 Å². The lowest BCUT2D eigenvalue weighted by Crippen LogP contribution is -2.61. The van der Waals surface area contributed by atoms with Crippen molar-refractivity contribution in [1.29, 1.82) is 0 Å². The van der Waals surface area contributed by atoms with Crippen molar-refractivity contribution in [2.45, 2.75) is 101 Å². The molecule has 4 aliphatic rings. The molecule has 0 aliphatic carbocycles. The number of halogens is 3. The molecule has 3 aromatic carbocycles. The maximum atomic E-state index is 14.8. The van der Waals surface area contributed by atoms with Crippen molar-refractivity contribution in [3.63, 3.8) is 0 Å². The Morgan fingerprint density at radius 2 is 1.78 bits per heavy atom. The molecule has 0 radical (unpaired) electrons. The Bertz CT molecular complexity index is 2920. The molecule has 5 N–H and O–H groups in total. The van der Waals surface area contributed by atoms with Crippen LogP contribution in [0, 0.1) is 11.8 Å². The van der Waals surface area contributed by atoms with Crippen LogP contribution in [0.15, 0.2) is 71.2 Å². The van der Waals surface area contributed by atoms with E-state index in [1.807, 2.05) is 17.9 Å². The first kappa shape index (κ1) is 52.4. The first-order valence-corrected chi connectivity index (χ1v) is 27.0. The number of hydrogen-bond donors (Lipinski definition) is 5. The van der Waals surface area contributed by atoms with Gasteiger partial charge in [0.05, 0.1) is 4.88 Å². The minimum absolute atomic E-state index is 0.0172. The topological polar surface area (TPSA) is 226 Å². The number of unbranched alkanes of at least 4 members (excludes halogenated alkanes) is 2. The van der Waals surface area contributed by atoms with E-state index in [4.69, 9.17) is 0 Å². The van der Waals surface area contributed by atoms with E-state index in [1.54, 1.807) is 41.3 Å². The summed E-state index contributed by atoms with van der Waals surface area (Å²) >= 11 is 4.42. The molecule has 1 aromatic heterocycles. The number of alkyl halides is 2. The predicted octanol–water partition coefficient (Wildman–Crippen LogP) is 5.60. The summed E-state index contributed by atoms with van der Waals surface area (Å²) in [7, 11) is -5.83. The summed E-state index contributed by atoms with van der Waals surface area (Å²) in [5.41, 5.74) is -2.89. The van der Waals surface area contributed by atoms with Gasteiger partial charge >= 0.3 is 13.3 Å². The molecule has 72 heavy (non-hydrogen) atoms. The molecule has 0 bridgehead atoms. The number of piperidine rings is 1. The van der Waals surface area contributed by atoms with Crippen LogP contribution in [0.4, 0.5) is 14.5 Å². The standard InChI is InChI=1S/C50H53BrF2N7O10PS/c1-2-57-24-21-35-16-17-40(60(35)48(66)38(29-57)55-46(64)42-27-31-26-32(11-19-41(31)72-42)50(52,53)71(68,69)70)49(67)58(34-14-12-33(51)13-15-34)25-22-43(61)54-23-6-4-3-5-8-30-9-7-10-36-37(30)28-59(47(36)65)39-18-20-44(62)56-45(39)63/h7,9-15,19,26-27,35,38-40H,2-4,6,16-18,20-25,28-29H2,1H3,(H,54,61)(H,55,64)(H,56,62,63)(H2,68,69,70)/t35-,38+,39?,40+/m1/s1. The van der Waals surface area contributed by atoms with E-state index >= 15 is 0 Å². The number of fused-ring (bicyclic) bond motifs is 3. The fourth-order valence-corrected chi connectivity index (χ4v) is 11.4. The van der Waals surface area contributed by atoms with Gasteiger partial charge in [-0.1, -0.05) is 46.8 Å². The molecule has 4 aromatic rings. The average molecular weight is 1090 g/mol. The molecule has 4 atom stereocenters. The van der Waals surface area contributed by atoms with Crippen molar-refractivity contribution < 1.29 is 56.7 Å². The average Bonchev–Trinajstić information content (AvgIpc) is 4.07. The van der Waals surface area contributed by atoms with E-state index in [0.717, 1.165) is 33.5 Å². The van der Waals surface area contributed by atoms with Gasteiger partial charge in [-0.15, -0.1) is 11.3 Å². The quantitative estimate of drug-likeness (QED) is 0.0427. The minimum Gasteiger partial charge on any atom is -0.356 e. The van der Waals surface area contributed by atoms with Gasteiger partial charge in [0.1, 0.15) is 18.1 Å². The van der Waals surface area contributed by atoms with Gasteiger partial charge in [-0.2, -0.15) is 8.78 Å². The van der Waals surface area contributed by atoms with Crippen LogP contribution in [-0.4, -0.2) is 123 Å². The van der Waals surface area contributed by atoms with Crippen LogP contribution in [0.5, 0.6) is 0 Å². The lowest BCUT2D eigenvalue weighted by Gasteiger charge is -2.39. The van der Waals surface area contributed by atoms with Gasteiger partial charge in [0, 0.05) is 89.6 Å². The maximum absolute atomic E-state index is 14.8. The van der Waals surface area contributed by atoms with Crippen molar-refractivity contribution in [3.8, 4) is 11.8 Å². The number of carbonyl (C=O) groups excluding carboxylic acids is 7. The number of anilines is 1. The van der Waals surface area contributed by atoms with Crippen LogP contribution < -0.4 is 20.9 Å². The second-order valence-electron chi connectivity index (χ2n) is 18.2. The fourth-order valence-electron chi connectivity index (χ4n) is 9.71. The first-order valence-electron chi connectivity index (χ1n) is 23.8. The van der Waals surface area contributed by atoms with Crippen molar-refractivity contribution in [1.82, 2.24) is 30.7 Å². The highest BCUT2D eigenvalue weighted by molar-refractivity contribution is 9.10. The number of benzene rings is 3. The normalized spacial score (nSPS) is 20.5. The number of amides is 7. The molecule has 4 aliphatic heterocycles. The Labute approximate surface area is 426 Å². The Morgan fingerprint density at radius 1 is 1.00 bits per heavy atom. The molecule has 380 valence electrons. The van der Waals surface area contributed by atoms with Crippen LogP contribution in [0.25, 0.3) is 10.1 Å². The molecule has 8 rings (SSSR count). The zero-order valence-corrected chi connectivity index (χ0v) is 42.5. The number of rotatable bonds is 15.